The highest BCUT2D eigenvalue weighted by Crippen LogP contribution is 2.08. The monoisotopic (exact) mass is 288 g/mol. The first-order chi connectivity index (χ1) is 9.30. The zero-order valence-corrected chi connectivity index (χ0v) is 12.3. The van der Waals surface area contributed by atoms with Gasteiger partial charge in [-0.2, -0.15) is 0 Å². The van der Waals surface area contributed by atoms with Crippen molar-refractivity contribution in [3.05, 3.63) is 0 Å². The van der Waals surface area contributed by atoms with Crippen LogP contribution in [0.15, 0.2) is 0 Å². The summed E-state index contributed by atoms with van der Waals surface area (Å²) in [5, 5.41) is 14.7. The minimum Gasteiger partial charge on any atom is -0.457 e. The number of carbonyl (C=O) groups is 2. The van der Waals surface area contributed by atoms with E-state index < -0.39 is 24.3 Å². The van der Waals surface area contributed by atoms with Crippen LogP contribution in [0.1, 0.15) is 33.6 Å². The molecule has 1 rings (SSSR count). The van der Waals surface area contributed by atoms with Crippen molar-refractivity contribution < 1.29 is 24.2 Å². The second-order valence-electron chi connectivity index (χ2n) is 5.87. The fourth-order valence-electron chi connectivity index (χ4n) is 1.90. The van der Waals surface area contributed by atoms with Crippen LogP contribution in [0.3, 0.4) is 0 Å². The van der Waals surface area contributed by atoms with Gasteiger partial charge in [-0.05, 0) is 33.6 Å². The molecule has 2 unspecified atom stereocenters. The van der Waals surface area contributed by atoms with Gasteiger partial charge >= 0.3 is 12.1 Å². The van der Waals surface area contributed by atoms with Crippen LogP contribution in [0.4, 0.5) is 4.79 Å². The minimum absolute atomic E-state index is 0.0519. The van der Waals surface area contributed by atoms with E-state index in [1.54, 1.807) is 20.8 Å². The Morgan fingerprint density at radius 2 is 2.05 bits per heavy atom. The molecule has 1 heterocycles. The number of hydrogen-bond acceptors (Lipinski definition) is 6. The van der Waals surface area contributed by atoms with Crippen LogP contribution >= 0.6 is 0 Å². The summed E-state index contributed by atoms with van der Waals surface area (Å²) in [6.07, 6.45) is 0.915. The SMILES string of the molecule is CC(C)(C)OC(=O)COC(=O)NC1CCC(CO)NC1. The smallest absolute Gasteiger partial charge is 0.407 e. The molecule has 0 aromatic carbocycles. The Morgan fingerprint density at radius 1 is 1.35 bits per heavy atom. The molecule has 1 amide bonds. The van der Waals surface area contributed by atoms with Crippen molar-refractivity contribution in [3.8, 4) is 0 Å². The Labute approximate surface area is 119 Å². The van der Waals surface area contributed by atoms with Gasteiger partial charge in [0.2, 0.25) is 0 Å². The summed E-state index contributed by atoms with van der Waals surface area (Å²) in [5.41, 5.74) is -0.594. The number of aliphatic hydroxyl groups excluding tert-OH is 1. The molecular formula is C13H24N2O5. The first kappa shape index (κ1) is 16.7. The molecule has 3 N–H and O–H groups in total. The maximum absolute atomic E-state index is 11.5. The lowest BCUT2D eigenvalue weighted by molar-refractivity contribution is -0.158. The van der Waals surface area contributed by atoms with Crippen LogP contribution in [0.5, 0.6) is 0 Å². The van der Waals surface area contributed by atoms with Gasteiger partial charge in [0.1, 0.15) is 5.60 Å². The predicted molar refractivity (Wildman–Crippen MR) is 72.2 cm³/mol. The van der Waals surface area contributed by atoms with Gasteiger partial charge in [-0.3, -0.25) is 0 Å². The van der Waals surface area contributed by atoms with E-state index in [0.717, 1.165) is 12.8 Å². The first-order valence-corrected chi connectivity index (χ1v) is 6.79. The van der Waals surface area contributed by atoms with Gasteiger partial charge in [0, 0.05) is 18.6 Å². The van der Waals surface area contributed by atoms with Crippen molar-refractivity contribution in [2.24, 2.45) is 0 Å². The Morgan fingerprint density at radius 3 is 2.55 bits per heavy atom. The fourth-order valence-corrected chi connectivity index (χ4v) is 1.90. The zero-order chi connectivity index (χ0) is 15.2. The average molecular weight is 288 g/mol. The van der Waals surface area contributed by atoms with Crippen LogP contribution in [-0.2, 0) is 14.3 Å². The summed E-state index contributed by atoms with van der Waals surface area (Å²) in [6.45, 7) is 5.51. The number of piperidine rings is 1. The Hall–Kier alpha value is -1.34. The van der Waals surface area contributed by atoms with Gasteiger partial charge in [0.15, 0.2) is 6.61 Å². The summed E-state index contributed by atoms with van der Waals surface area (Å²) in [5.74, 6) is -0.574. The summed E-state index contributed by atoms with van der Waals surface area (Å²) in [7, 11) is 0. The number of amides is 1. The predicted octanol–water partition coefficient (Wildman–Crippen LogP) is 0.167. The van der Waals surface area contributed by atoms with E-state index in [4.69, 9.17) is 14.6 Å². The normalized spacial score (nSPS) is 23.0. The molecule has 0 saturated carbocycles. The molecule has 2 atom stereocenters. The van der Waals surface area contributed by atoms with Crippen LogP contribution in [0, 0.1) is 0 Å². The number of nitrogens with one attached hydrogen (secondary N) is 2. The molecule has 1 fully saturated rings. The highest BCUT2D eigenvalue weighted by Gasteiger charge is 2.22. The van der Waals surface area contributed by atoms with E-state index in [-0.39, 0.29) is 18.7 Å². The van der Waals surface area contributed by atoms with Gasteiger partial charge in [0.25, 0.3) is 0 Å². The quantitative estimate of drug-likeness (QED) is 0.638. The van der Waals surface area contributed by atoms with E-state index in [1.165, 1.54) is 0 Å². The molecule has 0 bridgehead atoms. The number of hydrogen-bond donors (Lipinski definition) is 3. The third-order valence-corrected chi connectivity index (χ3v) is 2.80. The minimum atomic E-state index is -0.634. The molecule has 0 aromatic rings. The van der Waals surface area contributed by atoms with Gasteiger partial charge in [-0.15, -0.1) is 0 Å². The molecule has 1 saturated heterocycles. The molecule has 1 aliphatic rings. The maximum atomic E-state index is 11.5. The van der Waals surface area contributed by atoms with Crippen molar-refractivity contribution in [1.82, 2.24) is 10.6 Å². The molecule has 0 spiro atoms. The molecule has 1 aliphatic heterocycles. The van der Waals surface area contributed by atoms with Crippen molar-refractivity contribution in [3.63, 3.8) is 0 Å². The van der Waals surface area contributed by atoms with Gasteiger partial charge in [-0.25, -0.2) is 9.59 Å². The third-order valence-electron chi connectivity index (χ3n) is 2.80. The molecule has 7 heteroatoms. The summed E-state index contributed by atoms with van der Waals surface area (Å²) in [4.78, 5) is 22.9. The van der Waals surface area contributed by atoms with Crippen LogP contribution in [0.25, 0.3) is 0 Å². The van der Waals surface area contributed by atoms with E-state index in [1.807, 2.05) is 0 Å². The maximum Gasteiger partial charge on any atom is 0.407 e. The highest BCUT2D eigenvalue weighted by molar-refractivity contribution is 5.75. The van der Waals surface area contributed by atoms with E-state index >= 15 is 0 Å². The second-order valence-corrected chi connectivity index (χ2v) is 5.87. The number of aliphatic hydroxyl groups is 1. The van der Waals surface area contributed by atoms with Crippen molar-refractivity contribution >= 4 is 12.1 Å². The lowest BCUT2D eigenvalue weighted by atomic mass is 10.0. The third kappa shape index (κ3) is 6.72. The van der Waals surface area contributed by atoms with Crippen molar-refractivity contribution in [2.45, 2.75) is 51.3 Å². The number of carbonyl (C=O) groups excluding carboxylic acids is 2. The van der Waals surface area contributed by atoms with Gasteiger partial charge < -0.3 is 25.2 Å². The molecule has 116 valence electrons. The number of rotatable bonds is 4. The van der Waals surface area contributed by atoms with Crippen LogP contribution in [0.2, 0.25) is 0 Å². The Balaban J connectivity index is 2.19. The fraction of sp³-hybridized carbons (Fsp3) is 0.846. The zero-order valence-electron chi connectivity index (χ0n) is 12.3. The average Bonchev–Trinajstić information content (AvgIpc) is 2.35. The van der Waals surface area contributed by atoms with Gasteiger partial charge in [-0.1, -0.05) is 0 Å². The standard InChI is InChI=1S/C13H24N2O5/c1-13(2,3)20-11(17)8-19-12(18)15-9-4-5-10(7-16)14-6-9/h9-10,14,16H,4-8H2,1-3H3,(H,15,18). The Bertz CT molecular complexity index is 332. The lowest BCUT2D eigenvalue weighted by Gasteiger charge is -2.29. The lowest BCUT2D eigenvalue weighted by Crippen LogP contribution is -2.50. The van der Waals surface area contributed by atoms with E-state index in [2.05, 4.69) is 10.6 Å². The molecular weight excluding hydrogens is 264 g/mol. The number of esters is 1. The summed E-state index contributed by atoms with van der Waals surface area (Å²) >= 11 is 0. The van der Waals surface area contributed by atoms with Gasteiger partial charge in [0.05, 0.1) is 6.61 Å². The molecule has 7 nitrogen and oxygen atoms in total. The number of ether oxygens (including phenoxy) is 2. The number of alkyl carbamates (subject to hydrolysis) is 1. The van der Waals surface area contributed by atoms with Crippen molar-refractivity contribution in [2.75, 3.05) is 19.8 Å². The molecule has 0 aliphatic carbocycles. The molecule has 0 radical (unpaired) electrons. The second kappa shape index (κ2) is 7.44. The van der Waals surface area contributed by atoms with Crippen LogP contribution < -0.4 is 10.6 Å². The summed E-state index contributed by atoms with van der Waals surface area (Å²) in [6, 6.07) is 0.0368. The Kier molecular flexibility index (Phi) is 6.22. The van der Waals surface area contributed by atoms with Crippen LogP contribution in [-0.4, -0.2) is 54.6 Å². The molecule has 0 aromatic heterocycles. The van der Waals surface area contributed by atoms with E-state index in [9.17, 15) is 9.59 Å². The van der Waals surface area contributed by atoms with E-state index in [0.29, 0.717) is 6.54 Å². The topological polar surface area (TPSA) is 96.9 Å². The first-order valence-electron chi connectivity index (χ1n) is 6.79. The highest BCUT2D eigenvalue weighted by atomic mass is 16.6. The largest absolute Gasteiger partial charge is 0.457 e. The molecule has 20 heavy (non-hydrogen) atoms. The summed E-state index contributed by atoms with van der Waals surface area (Å²) < 4.78 is 9.83. The van der Waals surface area contributed by atoms with Crippen molar-refractivity contribution in [1.29, 1.82) is 0 Å².